The number of hydrogen-bond donors (Lipinski definition) is 2. The van der Waals surface area contributed by atoms with Gasteiger partial charge in [0.1, 0.15) is 41.5 Å². The maximum atomic E-state index is 14.8. The number of halogens is 2. The van der Waals surface area contributed by atoms with Gasteiger partial charge in [-0.25, -0.2) is 8.78 Å². The number of anilines is 1. The van der Waals surface area contributed by atoms with Gasteiger partial charge < -0.3 is 24.2 Å². The van der Waals surface area contributed by atoms with E-state index in [4.69, 9.17) is 14.0 Å². The number of H-pyrrole nitrogens is 1. The van der Waals surface area contributed by atoms with E-state index in [0.717, 1.165) is 18.2 Å². The molecule has 1 atom stereocenters. The number of benzene rings is 2. The average molecular weight is 532 g/mol. The lowest BCUT2D eigenvalue weighted by molar-refractivity contribution is -0.138. The van der Waals surface area contributed by atoms with Crippen molar-refractivity contribution in [2.75, 3.05) is 25.6 Å². The third-order valence-corrected chi connectivity index (χ3v) is 7.92. The standard InChI is InChI=1S/C25H27F2N3O6Si/c1-34-15-5-6-17-20(11-15)35-8-7-30(22(32)13-16-12-21(31)29-36-16)23(17)25(33)28-14-9-18(26)24(19(27)10-14)37(2,3)4/h5-6,9-12,23H,7-8,13H2,1-4H3,(H,28,33)(H,29,31)/t23-/m1/s1. The molecule has 12 heteroatoms. The Labute approximate surface area is 212 Å². The first kappa shape index (κ1) is 26.1. The summed E-state index contributed by atoms with van der Waals surface area (Å²) in [4.78, 5) is 39.6. The number of hydrogen-bond acceptors (Lipinski definition) is 6. The molecule has 0 fully saturated rings. The number of ether oxygens (including phenoxy) is 2. The number of nitrogens with one attached hydrogen (secondary N) is 2. The first-order valence-corrected chi connectivity index (χ1v) is 15.1. The Bertz CT molecular complexity index is 1370. The van der Waals surface area contributed by atoms with Crippen LogP contribution in [-0.4, -0.2) is 50.2 Å². The zero-order valence-corrected chi connectivity index (χ0v) is 21.8. The van der Waals surface area contributed by atoms with E-state index in [2.05, 4.69) is 10.5 Å². The summed E-state index contributed by atoms with van der Waals surface area (Å²) in [7, 11) is -0.837. The topological polar surface area (TPSA) is 114 Å². The highest BCUT2D eigenvalue weighted by Crippen LogP contribution is 2.36. The SMILES string of the molecule is COc1ccc2c(c1)OCCN(C(=O)Cc1cc(=O)[nH]o1)[C@H]2C(=O)Nc1cc(F)c([Si](C)(C)C)c(F)c1. The van der Waals surface area contributed by atoms with E-state index in [-0.39, 0.29) is 36.2 Å². The molecule has 2 N–H and O–H groups in total. The monoisotopic (exact) mass is 531 g/mol. The summed E-state index contributed by atoms with van der Waals surface area (Å²) in [5, 5.41) is 4.72. The lowest BCUT2D eigenvalue weighted by Crippen LogP contribution is -2.43. The van der Waals surface area contributed by atoms with Crippen LogP contribution in [0.15, 0.2) is 45.7 Å². The number of carbonyl (C=O) groups is 2. The van der Waals surface area contributed by atoms with Crippen LogP contribution in [0.2, 0.25) is 19.6 Å². The Kier molecular flexibility index (Phi) is 7.21. The van der Waals surface area contributed by atoms with Gasteiger partial charge in [-0.15, -0.1) is 0 Å². The van der Waals surface area contributed by atoms with E-state index in [0.29, 0.717) is 17.1 Å². The van der Waals surface area contributed by atoms with Gasteiger partial charge in [0.25, 0.3) is 11.5 Å². The van der Waals surface area contributed by atoms with Gasteiger partial charge >= 0.3 is 0 Å². The molecular weight excluding hydrogens is 504 g/mol. The zero-order chi connectivity index (χ0) is 26.9. The molecule has 1 aromatic heterocycles. The molecule has 0 unspecified atom stereocenters. The number of aromatic amines is 1. The minimum absolute atomic E-state index is 0.0276. The van der Waals surface area contributed by atoms with Crippen molar-refractivity contribution < 1.29 is 32.4 Å². The van der Waals surface area contributed by atoms with Gasteiger partial charge in [0.05, 0.1) is 28.1 Å². The third kappa shape index (κ3) is 5.58. The number of fused-ring (bicyclic) bond motifs is 1. The van der Waals surface area contributed by atoms with Crippen LogP contribution in [0.25, 0.3) is 0 Å². The Morgan fingerprint density at radius 1 is 1.16 bits per heavy atom. The van der Waals surface area contributed by atoms with Crippen molar-refractivity contribution in [1.82, 2.24) is 10.1 Å². The molecule has 0 spiro atoms. The van der Waals surface area contributed by atoms with E-state index in [1.165, 1.54) is 12.0 Å². The van der Waals surface area contributed by atoms with Crippen molar-refractivity contribution in [3.63, 3.8) is 0 Å². The van der Waals surface area contributed by atoms with Gasteiger partial charge in [-0.1, -0.05) is 19.6 Å². The predicted octanol–water partition coefficient (Wildman–Crippen LogP) is 2.94. The molecule has 37 heavy (non-hydrogen) atoms. The van der Waals surface area contributed by atoms with Crippen molar-refractivity contribution in [1.29, 1.82) is 0 Å². The van der Waals surface area contributed by atoms with Crippen molar-refractivity contribution in [3.8, 4) is 11.5 Å². The zero-order valence-electron chi connectivity index (χ0n) is 20.8. The van der Waals surface area contributed by atoms with Gasteiger partial charge in [-0.3, -0.25) is 14.4 Å². The fraction of sp³-hybridized carbons (Fsp3) is 0.320. The highest BCUT2D eigenvalue weighted by Gasteiger charge is 2.36. The van der Waals surface area contributed by atoms with Crippen molar-refractivity contribution in [2.24, 2.45) is 0 Å². The third-order valence-electron chi connectivity index (χ3n) is 5.95. The summed E-state index contributed by atoms with van der Waals surface area (Å²) in [6.45, 7) is 5.56. The Balaban J connectivity index is 1.71. The molecule has 0 aliphatic carbocycles. The predicted molar refractivity (Wildman–Crippen MR) is 134 cm³/mol. The van der Waals surface area contributed by atoms with E-state index >= 15 is 0 Å². The lowest BCUT2D eigenvalue weighted by atomic mass is 10.0. The molecule has 3 aromatic rings. The quantitative estimate of drug-likeness (QED) is 0.473. The summed E-state index contributed by atoms with van der Waals surface area (Å²) < 4.78 is 45.7. The minimum atomic E-state index is -2.32. The Hall–Kier alpha value is -3.93. The number of aromatic nitrogens is 1. The number of carbonyl (C=O) groups excluding carboxylic acids is 2. The highest BCUT2D eigenvalue weighted by atomic mass is 28.3. The number of rotatable bonds is 6. The summed E-state index contributed by atoms with van der Waals surface area (Å²) in [5.41, 5.74) is -0.217. The largest absolute Gasteiger partial charge is 0.497 e. The van der Waals surface area contributed by atoms with Crippen LogP contribution in [0, 0.1) is 11.6 Å². The number of amides is 2. The Morgan fingerprint density at radius 2 is 1.86 bits per heavy atom. The van der Waals surface area contributed by atoms with E-state index in [9.17, 15) is 23.2 Å². The molecule has 0 radical (unpaired) electrons. The molecule has 9 nitrogen and oxygen atoms in total. The first-order chi connectivity index (χ1) is 17.5. The second kappa shape index (κ2) is 10.2. The number of methoxy groups -OCH3 is 1. The van der Waals surface area contributed by atoms with Crippen LogP contribution in [-0.2, 0) is 16.0 Å². The van der Waals surface area contributed by atoms with Crippen LogP contribution in [0.5, 0.6) is 11.5 Å². The van der Waals surface area contributed by atoms with Gasteiger partial charge in [0.2, 0.25) is 5.91 Å². The molecule has 2 aromatic carbocycles. The molecular formula is C25H27F2N3O6Si. The highest BCUT2D eigenvalue weighted by molar-refractivity contribution is 6.88. The fourth-order valence-electron chi connectivity index (χ4n) is 4.33. The van der Waals surface area contributed by atoms with Gasteiger partial charge in [0.15, 0.2) is 0 Å². The van der Waals surface area contributed by atoms with Crippen LogP contribution in [0.3, 0.4) is 0 Å². The molecule has 1 aliphatic heterocycles. The van der Waals surface area contributed by atoms with Crippen LogP contribution >= 0.6 is 0 Å². The van der Waals surface area contributed by atoms with Crippen LogP contribution < -0.4 is 25.5 Å². The molecule has 0 bridgehead atoms. The summed E-state index contributed by atoms with van der Waals surface area (Å²) >= 11 is 0. The van der Waals surface area contributed by atoms with Gasteiger partial charge in [-0.05, 0) is 24.3 Å². The first-order valence-electron chi connectivity index (χ1n) is 11.6. The van der Waals surface area contributed by atoms with E-state index < -0.39 is 43.1 Å². The smallest absolute Gasteiger partial charge is 0.280 e. The van der Waals surface area contributed by atoms with Crippen molar-refractivity contribution in [2.45, 2.75) is 32.1 Å². The average Bonchev–Trinajstić information content (AvgIpc) is 3.11. The van der Waals surface area contributed by atoms with Crippen LogP contribution in [0.4, 0.5) is 14.5 Å². The number of nitrogens with zero attached hydrogens (tertiary/aromatic N) is 1. The van der Waals surface area contributed by atoms with Crippen LogP contribution in [0.1, 0.15) is 17.4 Å². The molecule has 0 saturated carbocycles. The molecule has 196 valence electrons. The Morgan fingerprint density at radius 3 is 2.46 bits per heavy atom. The minimum Gasteiger partial charge on any atom is -0.497 e. The van der Waals surface area contributed by atoms with Crippen molar-refractivity contribution in [3.05, 3.63) is 69.7 Å². The van der Waals surface area contributed by atoms with Crippen molar-refractivity contribution >= 4 is 30.8 Å². The summed E-state index contributed by atoms with van der Waals surface area (Å²) in [5.74, 6) is -1.77. The van der Waals surface area contributed by atoms with E-state index in [1.54, 1.807) is 18.2 Å². The fourth-order valence-corrected chi connectivity index (χ4v) is 5.90. The van der Waals surface area contributed by atoms with Gasteiger partial charge in [0, 0.05) is 28.6 Å². The lowest BCUT2D eigenvalue weighted by Gasteiger charge is -2.29. The molecule has 0 saturated heterocycles. The molecule has 4 rings (SSSR count). The summed E-state index contributed by atoms with van der Waals surface area (Å²) in [6.07, 6.45) is -0.290. The molecule has 2 heterocycles. The second-order valence-electron chi connectivity index (χ2n) is 9.65. The maximum Gasteiger partial charge on any atom is 0.280 e. The van der Waals surface area contributed by atoms with Gasteiger partial charge in [-0.2, -0.15) is 5.16 Å². The summed E-state index contributed by atoms with van der Waals surface area (Å²) in [6, 6.07) is 6.90. The molecule has 1 aliphatic rings. The second-order valence-corrected chi connectivity index (χ2v) is 14.7. The maximum absolute atomic E-state index is 14.8. The van der Waals surface area contributed by atoms with E-state index in [1.807, 2.05) is 19.6 Å². The molecule has 2 amide bonds. The normalized spacial score (nSPS) is 15.4.